The van der Waals surface area contributed by atoms with Crippen LogP contribution in [0.25, 0.3) is 0 Å². The molecule has 2 aromatic carbocycles. The van der Waals surface area contributed by atoms with Gasteiger partial charge in [0.05, 0.1) is 25.3 Å². The SMILES string of the molecule is COCCNC(=O)CN1CCN(C(=NCc2ccccc2)Nc2cccc(C(=O)O)c2)CC1. The Hall–Kier alpha value is -3.43. The number of aliphatic imine (C=N–C) groups is 1. The van der Waals surface area contributed by atoms with Gasteiger partial charge in [-0.2, -0.15) is 0 Å². The van der Waals surface area contributed by atoms with Gasteiger partial charge < -0.3 is 25.4 Å². The van der Waals surface area contributed by atoms with Crippen molar-refractivity contribution in [3.8, 4) is 0 Å². The molecule has 1 amide bonds. The number of aromatic carboxylic acids is 1. The van der Waals surface area contributed by atoms with Crippen molar-refractivity contribution >= 4 is 23.5 Å². The second-order valence-corrected chi connectivity index (χ2v) is 7.74. The molecule has 0 aliphatic carbocycles. The zero-order valence-electron chi connectivity index (χ0n) is 18.9. The number of carboxylic acid groups (broad SMARTS) is 1. The number of amides is 1. The lowest BCUT2D eigenvalue weighted by atomic mass is 10.2. The van der Waals surface area contributed by atoms with Crippen molar-refractivity contribution in [3.63, 3.8) is 0 Å². The molecule has 9 nitrogen and oxygen atoms in total. The highest BCUT2D eigenvalue weighted by atomic mass is 16.5. The third-order valence-corrected chi connectivity index (χ3v) is 5.29. The average molecular weight is 454 g/mol. The van der Waals surface area contributed by atoms with Crippen molar-refractivity contribution in [2.75, 3.05) is 58.3 Å². The molecule has 3 rings (SSSR count). The van der Waals surface area contributed by atoms with Crippen LogP contribution in [0.3, 0.4) is 0 Å². The maximum absolute atomic E-state index is 12.1. The summed E-state index contributed by atoms with van der Waals surface area (Å²) < 4.78 is 4.96. The number of rotatable bonds is 9. The van der Waals surface area contributed by atoms with Crippen LogP contribution in [0.1, 0.15) is 15.9 Å². The molecule has 176 valence electrons. The summed E-state index contributed by atoms with van der Waals surface area (Å²) in [4.78, 5) is 32.5. The Bertz CT molecular complexity index is 943. The van der Waals surface area contributed by atoms with Crippen LogP contribution < -0.4 is 10.6 Å². The number of hydrogen-bond donors (Lipinski definition) is 3. The van der Waals surface area contributed by atoms with Crippen molar-refractivity contribution < 1.29 is 19.4 Å². The summed E-state index contributed by atoms with van der Waals surface area (Å²) in [5, 5.41) is 15.5. The molecule has 0 bridgehead atoms. The Morgan fingerprint density at radius 2 is 1.82 bits per heavy atom. The largest absolute Gasteiger partial charge is 0.478 e. The fourth-order valence-corrected chi connectivity index (χ4v) is 3.50. The molecule has 0 radical (unpaired) electrons. The molecule has 1 heterocycles. The minimum Gasteiger partial charge on any atom is -0.478 e. The van der Waals surface area contributed by atoms with Gasteiger partial charge in [-0.15, -0.1) is 0 Å². The van der Waals surface area contributed by atoms with Gasteiger partial charge in [-0.05, 0) is 23.8 Å². The van der Waals surface area contributed by atoms with Crippen LogP contribution in [0, 0.1) is 0 Å². The van der Waals surface area contributed by atoms with Crippen molar-refractivity contribution in [1.29, 1.82) is 0 Å². The molecule has 0 aromatic heterocycles. The van der Waals surface area contributed by atoms with Crippen LogP contribution in [0.15, 0.2) is 59.6 Å². The Morgan fingerprint density at radius 3 is 2.52 bits per heavy atom. The van der Waals surface area contributed by atoms with E-state index in [-0.39, 0.29) is 11.5 Å². The first kappa shape index (κ1) is 24.2. The number of hydrogen-bond acceptors (Lipinski definition) is 5. The monoisotopic (exact) mass is 453 g/mol. The van der Waals surface area contributed by atoms with E-state index in [1.807, 2.05) is 36.4 Å². The van der Waals surface area contributed by atoms with Gasteiger partial charge in [0.2, 0.25) is 5.91 Å². The van der Waals surface area contributed by atoms with Gasteiger partial charge in [0.15, 0.2) is 5.96 Å². The van der Waals surface area contributed by atoms with Crippen molar-refractivity contribution in [2.24, 2.45) is 4.99 Å². The number of carboxylic acids is 1. The number of nitrogens with zero attached hydrogens (tertiary/aromatic N) is 3. The quantitative estimate of drug-likeness (QED) is 0.302. The number of piperazine rings is 1. The number of nitrogens with one attached hydrogen (secondary N) is 2. The molecule has 3 N–H and O–H groups in total. The third kappa shape index (κ3) is 7.89. The molecule has 33 heavy (non-hydrogen) atoms. The summed E-state index contributed by atoms with van der Waals surface area (Å²) >= 11 is 0. The van der Waals surface area contributed by atoms with Gasteiger partial charge in [-0.3, -0.25) is 9.69 Å². The van der Waals surface area contributed by atoms with E-state index in [0.717, 1.165) is 18.7 Å². The van der Waals surface area contributed by atoms with Crippen molar-refractivity contribution in [2.45, 2.75) is 6.54 Å². The second kappa shape index (κ2) is 12.6. The minimum absolute atomic E-state index is 0.0120. The van der Waals surface area contributed by atoms with Gasteiger partial charge in [-0.1, -0.05) is 36.4 Å². The molecule has 0 saturated carbocycles. The van der Waals surface area contributed by atoms with E-state index in [1.165, 1.54) is 0 Å². The maximum Gasteiger partial charge on any atom is 0.335 e. The molecule has 2 aromatic rings. The Kier molecular flexibility index (Phi) is 9.22. The van der Waals surface area contributed by atoms with E-state index >= 15 is 0 Å². The predicted octanol–water partition coefficient (Wildman–Crippen LogP) is 1.73. The number of ether oxygens (including phenoxy) is 1. The topological polar surface area (TPSA) is 107 Å². The lowest BCUT2D eigenvalue weighted by molar-refractivity contribution is -0.122. The fraction of sp³-hybridized carbons (Fsp3) is 0.375. The van der Waals surface area contributed by atoms with Crippen molar-refractivity contribution in [3.05, 3.63) is 65.7 Å². The van der Waals surface area contributed by atoms with E-state index in [0.29, 0.717) is 51.0 Å². The normalized spacial score (nSPS) is 14.7. The minimum atomic E-state index is -0.973. The predicted molar refractivity (Wildman–Crippen MR) is 128 cm³/mol. The van der Waals surface area contributed by atoms with Gasteiger partial charge in [0, 0.05) is 45.5 Å². The molecule has 0 spiro atoms. The first-order chi connectivity index (χ1) is 16.0. The lowest BCUT2D eigenvalue weighted by Crippen LogP contribution is -2.52. The molecule has 0 atom stereocenters. The first-order valence-corrected chi connectivity index (χ1v) is 11.0. The summed E-state index contributed by atoms with van der Waals surface area (Å²) in [5.41, 5.74) is 1.97. The molecular formula is C24H31N5O4. The standard InChI is InChI=1S/C24H31N5O4/c1-33-15-10-25-22(30)18-28-11-13-29(14-12-28)24(26-17-19-6-3-2-4-7-19)27-21-9-5-8-20(16-21)23(31)32/h2-9,16H,10-15,17-18H2,1H3,(H,25,30)(H,26,27)(H,31,32). The highest BCUT2D eigenvalue weighted by Gasteiger charge is 2.21. The molecule has 1 aliphatic rings. The van der Waals surface area contributed by atoms with Crippen LogP contribution in [0.2, 0.25) is 0 Å². The molecule has 0 unspecified atom stereocenters. The van der Waals surface area contributed by atoms with Crippen molar-refractivity contribution in [1.82, 2.24) is 15.1 Å². The summed E-state index contributed by atoms with van der Waals surface area (Å²) in [5.74, 6) is -0.300. The van der Waals surface area contributed by atoms with Gasteiger partial charge >= 0.3 is 5.97 Å². The maximum atomic E-state index is 12.1. The van der Waals surface area contributed by atoms with Gasteiger partial charge in [0.1, 0.15) is 0 Å². The van der Waals surface area contributed by atoms with Crippen LogP contribution >= 0.6 is 0 Å². The summed E-state index contributed by atoms with van der Waals surface area (Å²) in [6.07, 6.45) is 0. The lowest BCUT2D eigenvalue weighted by Gasteiger charge is -2.36. The van der Waals surface area contributed by atoms with E-state index in [2.05, 4.69) is 20.4 Å². The van der Waals surface area contributed by atoms with E-state index in [1.54, 1.807) is 25.3 Å². The fourth-order valence-electron chi connectivity index (χ4n) is 3.50. The molecular weight excluding hydrogens is 422 g/mol. The number of anilines is 1. The Morgan fingerprint density at radius 1 is 1.06 bits per heavy atom. The number of benzene rings is 2. The second-order valence-electron chi connectivity index (χ2n) is 7.74. The highest BCUT2D eigenvalue weighted by molar-refractivity contribution is 5.95. The van der Waals surface area contributed by atoms with Crippen LogP contribution in [-0.4, -0.2) is 85.7 Å². The van der Waals surface area contributed by atoms with E-state index in [4.69, 9.17) is 9.73 Å². The number of guanidine groups is 1. The number of carbonyl (C=O) groups is 2. The highest BCUT2D eigenvalue weighted by Crippen LogP contribution is 2.14. The molecule has 1 fully saturated rings. The molecule has 1 aliphatic heterocycles. The number of methoxy groups -OCH3 is 1. The van der Waals surface area contributed by atoms with Gasteiger partial charge in [0.25, 0.3) is 0 Å². The Balaban J connectivity index is 1.65. The Labute approximate surface area is 194 Å². The van der Waals surface area contributed by atoms with Crippen LogP contribution in [-0.2, 0) is 16.1 Å². The number of carbonyl (C=O) groups excluding carboxylic acids is 1. The summed E-state index contributed by atoms with van der Waals surface area (Å²) in [7, 11) is 1.61. The van der Waals surface area contributed by atoms with E-state index in [9.17, 15) is 14.7 Å². The van der Waals surface area contributed by atoms with Crippen LogP contribution in [0.5, 0.6) is 0 Å². The molecule has 9 heteroatoms. The zero-order chi connectivity index (χ0) is 23.5. The summed E-state index contributed by atoms with van der Waals surface area (Å²) in [6, 6.07) is 16.7. The van der Waals surface area contributed by atoms with E-state index < -0.39 is 5.97 Å². The first-order valence-electron chi connectivity index (χ1n) is 11.0. The molecule has 1 saturated heterocycles. The summed E-state index contributed by atoms with van der Waals surface area (Å²) in [6.45, 7) is 4.69. The van der Waals surface area contributed by atoms with Crippen LogP contribution in [0.4, 0.5) is 5.69 Å². The third-order valence-electron chi connectivity index (χ3n) is 5.29. The van der Waals surface area contributed by atoms with Gasteiger partial charge in [-0.25, -0.2) is 9.79 Å². The average Bonchev–Trinajstić information content (AvgIpc) is 2.83. The zero-order valence-corrected chi connectivity index (χ0v) is 18.9. The smallest absolute Gasteiger partial charge is 0.335 e.